The smallest absolute Gasteiger partial charge is 0.467 e. The molecule has 0 aliphatic heterocycles. The van der Waals surface area contributed by atoms with Crippen molar-refractivity contribution in [3.8, 4) is 17.2 Å². The van der Waals surface area contributed by atoms with Crippen LogP contribution in [-0.4, -0.2) is 19.8 Å². The van der Waals surface area contributed by atoms with E-state index in [1.807, 2.05) is 20.8 Å². The SMILES string of the molecule is CCOc1cc(OCC)c([N+]#N)c(OCC)c1. The Balaban J connectivity index is 3.20. The topological polar surface area (TPSA) is 55.8 Å². The summed E-state index contributed by atoms with van der Waals surface area (Å²) in [5.41, 5.74) is 0.289. The van der Waals surface area contributed by atoms with Crippen LogP contribution in [0.15, 0.2) is 12.1 Å². The first-order valence-corrected chi connectivity index (χ1v) is 5.68. The van der Waals surface area contributed by atoms with E-state index in [4.69, 9.17) is 19.6 Å². The number of hydrogen-bond donors (Lipinski definition) is 0. The summed E-state index contributed by atoms with van der Waals surface area (Å²) in [5, 5.41) is 9.00. The molecule has 1 rings (SSSR count). The fraction of sp³-hybridized carbons (Fsp3) is 0.500. The van der Waals surface area contributed by atoms with Gasteiger partial charge in [0.15, 0.2) is 4.98 Å². The fourth-order valence-electron chi connectivity index (χ4n) is 1.44. The van der Waals surface area contributed by atoms with E-state index in [9.17, 15) is 0 Å². The maximum atomic E-state index is 9.00. The van der Waals surface area contributed by atoms with E-state index in [2.05, 4.69) is 4.98 Å². The average molecular weight is 237 g/mol. The first-order valence-electron chi connectivity index (χ1n) is 5.68. The first-order chi connectivity index (χ1) is 8.26. The number of hydrogen-bond acceptors (Lipinski definition) is 4. The van der Waals surface area contributed by atoms with E-state index in [-0.39, 0.29) is 5.69 Å². The molecule has 17 heavy (non-hydrogen) atoms. The van der Waals surface area contributed by atoms with Crippen LogP contribution in [0, 0.1) is 5.39 Å². The molecule has 92 valence electrons. The molecule has 0 radical (unpaired) electrons. The lowest BCUT2D eigenvalue weighted by Gasteiger charge is -2.08. The highest BCUT2D eigenvalue weighted by Crippen LogP contribution is 2.41. The summed E-state index contributed by atoms with van der Waals surface area (Å²) >= 11 is 0. The zero-order valence-electron chi connectivity index (χ0n) is 10.4. The first kappa shape index (κ1) is 13.1. The fourth-order valence-corrected chi connectivity index (χ4v) is 1.44. The van der Waals surface area contributed by atoms with Crippen molar-refractivity contribution < 1.29 is 14.2 Å². The van der Waals surface area contributed by atoms with Gasteiger partial charge in [0.25, 0.3) is 0 Å². The summed E-state index contributed by atoms with van der Waals surface area (Å²) in [6.45, 7) is 7.11. The van der Waals surface area contributed by atoms with E-state index < -0.39 is 0 Å². The van der Waals surface area contributed by atoms with Crippen molar-refractivity contribution in [2.45, 2.75) is 20.8 Å². The van der Waals surface area contributed by atoms with Crippen molar-refractivity contribution in [3.05, 3.63) is 17.1 Å². The van der Waals surface area contributed by atoms with Gasteiger partial charge in [-0.1, -0.05) is 0 Å². The molecule has 0 N–H and O–H groups in total. The lowest BCUT2D eigenvalue weighted by molar-refractivity contribution is 0.310. The normalized spacial score (nSPS) is 9.53. The predicted octanol–water partition coefficient (Wildman–Crippen LogP) is 3.37. The van der Waals surface area contributed by atoms with Crippen LogP contribution in [0.2, 0.25) is 0 Å². The van der Waals surface area contributed by atoms with Gasteiger partial charge >= 0.3 is 5.69 Å². The molecule has 0 unspecified atom stereocenters. The van der Waals surface area contributed by atoms with Gasteiger partial charge in [0.05, 0.1) is 19.8 Å². The molecule has 5 nitrogen and oxygen atoms in total. The Hall–Kier alpha value is -1.96. The second-order valence-corrected chi connectivity index (χ2v) is 3.17. The molecule has 0 amide bonds. The van der Waals surface area contributed by atoms with Gasteiger partial charge in [-0.3, -0.25) is 0 Å². The third-order valence-electron chi connectivity index (χ3n) is 2.02. The van der Waals surface area contributed by atoms with E-state index >= 15 is 0 Å². The van der Waals surface area contributed by atoms with Gasteiger partial charge < -0.3 is 14.2 Å². The Labute approximate surface area is 101 Å². The van der Waals surface area contributed by atoms with Crippen molar-refractivity contribution in [3.63, 3.8) is 0 Å². The number of diazo groups is 1. The van der Waals surface area contributed by atoms with Crippen molar-refractivity contribution >= 4 is 5.69 Å². The van der Waals surface area contributed by atoms with Crippen molar-refractivity contribution in [2.24, 2.45) is 0 Å². The predicted molar refractivity (Wildman–Crippen MR) is 64.7 cm³/mol. The van der Waals surface area contributed by atoms with E-state index in [0.717, 1.165) is 0 Å². The minimum Gasteiger partial charge on any atom is -0.494 e. The Bertz CT molecular complexity index is 386. The van der Waals surface area contributed by atoms with Gasteiger partial charge in [-0.15, -0.1) is 0 Å². The van der Waals surface area contributed by atoms with E-state index in [0.29, 0.717) is 37.1 Å². The Morgan fingerprint density at radius 3 is 1.76 bits per heavy atom. The van der Waals surface area contributed by atoms with Gasteiger partial charge in [0.2, 0.25) is 16.9 Å². The van der Waals surface area contributed by atoms with Gasteiger partial charge in [-0.05, 0) is 20.8 Å². The number of nitrogens with zero attached hydrogens (tertiary/aromatic N) is 2. The molecule has 0 fully saturated rings. The highest BCUT2D eigenvalue weighted by Gasteiger charge is 2.25. The Morgan fingerprint density at radius 2 is 1.41 bits per heavy atom. The zero-order chi connectivity index (χ0) is 12.7. The number of ether oxygens (including phenoxy) is 3. The molecule has 0 saturated carbocycles. The Morgan fingerprint density at radius 1 is 0.941 bits per heavy atom. The van der Waals surface area contributed by atoms with E-state index in [1.54, 1.807) is 12.1 Å². The van der Waals surface area contributed by atoms with Crippen molar-refractivity contribution in [1.82, 2.24) is 0 Å². The standard InChI is InChI=1S/C12H17N2O3/c1-4-15-9-7-10(16-5-2)12(14-13)11(8-9)17-6-3/h7-8H,4-6H2,1-3H3/q+1. The second kappa shape index (κ2) is 6.59. The lowest BCUT2D eigenvalue weighted by atomic mass is 10.2. The largest absolute Gasteiger partial charge is 0.494 e. The molecule has 0 spiro atoms. The highest BCUT2D eigenvalue weighted by atomic mass is 16.5. The van der Waals surface area contributed by atoms with Crippen LogP contribution >= 0.6 is 0 Å². The number of rotatable bonds is 6. The van der Waals surface area contributed by atoms with Crippen LogP contribution in [-0.2, 0) is 0 Å². The summed E-state index contributed by atoms with van der Waals surface area (Å²) in [6.07, 6.45) is 0. The summed E-state index contributed by atoms with van der Waals surface area (Å²) < 4.78 is 16.2. The van der Waals surface area contributed by atoms with Crippen LogP contribution in [0.4, 0.5) is 5.69 Å². The van der Waals surface area contributed by atoms with Gasteiger partial charge in [0.1, 0.15) is 5.75 Å². The van der Waals surface area contributed by atoms with Crippen molar-refractivity contribution in [2.75, 3.05) is 19.8 Å². The van der Waals surface area contributed by atoms with Crippen LogP contribution in [0.5, 0.6) is 17.2 Å². The second-order valence-electron chi connectivity index (χ2n) is 3.17. The zero-order valence-corrected chi connectivity index (χ0v) is 10.4. The van der Waals surface area contributed by atoms with E-state index in [1.165, 1.54) is 0 Å². The van der Waals surface area contributed by atoms with Crippen LogP contribution < -0.4 is 14.2 Å². The molecule has 1 aromatic rings. The lowest BCUT2D eigenvalue weighted by Crippen LogP contribution is -1.98. The van der Waals surface area contributed by atoms with Gasteiger partial charge in [0, 0.05) is 12.1 Å². The summed E-state index contributed by atoms with van der Waals surface area (Å²) in [4.78, 5) is 3.20. The summed E-state index contributed by atoms with van der Waals surface area (Å²) in [6, 6.07) is 3.37. The number of benzene rings is 1. The molecular formula is C12H17N2O3+. The van der Waals surface area contributed by atoms with Crippen LogP contribution in [0.25, 0.3) is 4.98 Å². The highest BCUT2D eigenvalue weighted by molar-refractivity contribution is 5.69. The minimum absolute atomic E-state index is 0.289. The van der Waals surface area contributed by atoms with Crippen molar-refractivity contribution in [1.29, 1.82) is 5.39 Å². The molecule has 0 aliphatic carbocycles. The molecular weight excluding hydrogens is 220 g/mol. The van der Waals surface area contributed by atoms with Gasteiger partial charge in [-0.2, -0.15) is 0 Å². The molecule has 0 saturated heterocycles. The Kier molecular flexibility index (Phi) is 5.08. The summed E-state index contributed by atoms with van der Waals surface area (Å²) in [7, 11) is 0. The molecule has 1 aromatic carbocycles. The molecule has 0 bridgehead atoms. The van der Waals surface area contributed by atoms with Crippen LogP contribution in [0.1, 0.15) is 20.8 Å². The molecule has 0 aliphatic rings. The molecule has 5 heteroatoms. The van der Waals surface area contributed by atoms with Gasteiger partial charge in [-0.25, -0.2) is 0 Å². The quantitative estimate of drug-likeness (QED) is 0.712. The molecule has 0 heterocycles. The minimum atomic E-state index is 0.289. The third kappa shape index (κ3) is 3.25. The maximum absolute atomic E-state index is 9.00. The summed E-state index contributed by atoms with van der Waals surface area (Å²) in [5.74, 6) is 1.53. The monoisotopic (exact) mass is 237 g/mol. The maximum Gasteiger partial charge on any atom is 0.467 e. The molecule has 0 atom stereocenters. The molecule has 0 aromatic heterocycles. The average Bonchev–Trinajstić information content (AvgIpc) is 2.30. The third-order valence-corrected chi connectivity index (χ3v) is 2.02. The van der Waals surface area contributed by atoms with Crippen LogP contribution in [0.3, 0.4) is 0 Å².